The fourth-order valence-corrected chi connectivity index (χ4v) is 3.13. The number of nitrogens with two attached hydrogens (primary N) is 1. The summed E-state index contributed by atoms with van der Waals surface area (Å²) in [6.07, 6.45) is 0.366. The second-order valence-corrected chi connectivity index (χ2v) is 5.55. The van der Waals surface area contributed by atoms with Crippen molar-refractivity contribution in [2.45, 2.75) is 15.5 Å². The number of anilines is 1. The third-order valence-electron chi connectivity index (χ3n) is 2.10. The molecule has 0 saturated carbocycles. The van der Waals surface area contributed by atoms with Gasteiger partial charge in [-0.1, -0.05) is 17.8 Å². The van der Waals surface area contributed by atoms with Crippen LogP contribution in [0.1, 0.15) is 5.56 Å². The lowest BCUT2D eigenvalue weighted by Gasteiger charge is -2.04. The van der Waals surface area contributed by atoms with Gasteiger partial charge in [-0.2, -0.15) is 5.26 Å². The third kappa shape index (κ3) is 2.57. The Labute approximate surface area is 103 Å². The molecule has 0 radical (unpaired) electrons. The lowest BCUT2D eigenvalue weighted by Crippen LogP contribution is -1.93. The van der Waals surface area contributed by atoms with E-state index in [1.807, 2.05) is 24.3 Å². The standard InChI is InChI=1S/C12H10N2S2/c13-6-5-9-8-10(3-4-11(9)14)16-12-2-1-7-15-12/h1-4,7-8H,5,14H2. The molecule has 2 N–H and O–H groups in total. The van der Waals surface area contributed by atoms with Crippen LogP contribution in [0.2, 0.25) is 0 Å². The molecule has 1 heterocycles. The molecular weight excluding hydrogens is 236 g/mol. The molecule has 16 heavy (non-hydrogen) atoms. The minimum Gasteiger partial charge on any atom is -0.398 e. The summed E-state index contributed by atoms with van der Waals surface area (Å²) in [6.45, 7) is 0. The number of hydrogen-bond donors (Lipinski definition) is 1. The number of hydrogen-bond acceptors (Lipinski definition) is 4. The van der Waals surface area contributed by atoms with E-state index in [4.69, 9.17) is 11.0 Å². The summed E-state index contributed by atoms with van der Waals surface area (Å²) in [5.41, 5.74) is 7.39. The van der Waals surface area contributed by atoms with Crippen LogP contribution in [0.25, 0.3) is 0 Å². The Bertz CT molecular complexity index is 512. The van der Waals surface area contributed by atoms with Crippen molar-refractivity contribution in [3.05, 3.63) is 41.3 Å². The lowest BCUT2D eigenvalue weighted by molar-refractivity contribution is 1.24. The molecule has 2 aromatic rings. The van der Waals surface area contributed by atoms with Crippen molar-refractivity contribution in [3.63, 3.8) is 0 Å². The fourth-order valence-electron chi connectivity index (χ4n) is 1.32. The molecule has 1 aromatic carbocycles. The second kappa shape index (κ2) is 5.06. The molecule has 0 bridgehead atoms. The first-order chi connectivity index (χ1) is 7.79. The molecule has 0 aliphatic rings. The number of rotatable bonds is 3. The van der Waals surface area contributed by atoms with Crippen molar-refractivity contribution in [1.29, 1.82) is 5.26 Å². The summed E-state index contributed by atoms with van der Waals surface area (Å²) in [4.78, 5) is 1.13. The van der Waals surface area contributed by atoms with Crippen molar-refractivity contribution < 1.29 is 0 Å². The molecule has 2 nitrogen and oxygen atoms in total. The molecule has 2 rings (SSSR count). The van der Waals surface area contributed by atoms with Crippen molar-refractivity contribution in [2.24, 2.45) is 0 Å². The third-order valence-corrected chi connectivity index (χ3v) is 4.12. The Morgan fingerprint density at radius 3 is 2.94 bits per heavy atom. The van der Waals surface area contributed by atoms with E-state index in [1.54, 1.807) is 23.1 Å². The van der Waals surface area contributed by atoms with Gasteiger partial charge in [0.1, 0.15) is 0 Å². The first-order valence-corrected chi connectivity index (χ1v) is 6.46. The van der Waals surface area contributed by atoms with Gasteiger partial charge in [-0.3, -0.25) is 0 Å². The van der Waals surface area contributed by atoms with Crippen LogP contribution in [-0.2, 0) is 6.42 Å². The number of benzene rings is 1. The highest BCUT2D eigenvalue weighted by Crippen LogP contribution is 2.32. The predicted molar refractivity (Wildman–Crippen MR) is 68.6 cm³/mol. The van der Waals surface area contributed by atoms with Crippen LogP contribution in [-0.4, -0.2) is 0 Å². The highest BCUT2D eigenvalue weighted by molar-refractivity contribution is 8.01. The van der Waals surface area contributed by atoms with Gasteiger partial charge in [-0.15, -0.1) is 11.3 Å². The van der Waals surface area contributed by atoms with E-state index in [9.17, 15) is 0 Å². The Kier molecular flexibility index (Phi) is 3.50. The number of nitrogens with zero attached hydrogens (tertiary/aromatic N) is 1. The van der Waals surface area contributed by atoms with Crippen molar-refractivity contribution in [2.75, 3.05) is 5.73 Å². The van der Waals surface area contributed by atoms with E-state index in [1.165, 1.54) is 4.21 Å². The zero-order valence-electron chi connectivity index (χ0n) is 8.51. The molecule has 4 heteroatoms. The highest BCUT2D eigenvalue weighted by atomic mass is 32.2. The van der Waals surface area contributed by atoms with Crippen LogP contribution < -0.4 is 5.73 Å². The fraction of sp³-hybridized carbons (Fsp3) is 0.0833. The molecular formula is C12H10N2S2. The van der Waals surface area contributed by atoms with Crippen LogP contribution in [0.5, 0.6) is 0 Å². The number of nitriles is 1. The molecule has 0 saturated heterocycles. The Morgan fingerprint density at radius 1 is 1.38 bits per heavy atom. The van der Waals surface area contributed by atoms with E-state index >= 15 is 0 Å². The van der Waals surface area contributed by atoms with Gasteiger partial charge in [0.2, 0.25) is 0 Å². The molecule has 0 atom stereocenters. The molecule has 0 aliphatic heterocycles. The van der Waals surface area contributed by atoms with Gasteiger partial charge in [0, 0.05) is 10.6 Å². The molecule has 0 unspecified atom stereocenters. The highest BCUT2D eigenvalue weighted by Gasteiger charge is 2.03. The smallest absolute Gasteiger partial charge is 0.0670 e. The van der Waals surface area contributed by atoms with Crippen molar-refractivity contribution >= 4 is 28.8 Å². The summed E-state index contributed by atoms with van der Waals surface area (Å²) in [6, 6.07) is 12.1. The summed E-state index contributed by atoms with van der Waals surface area (Å²) in [5.74, 6) is 0. The number of thiophene rings is 1. The average molecular weight is 246 g/mol. The Hall–Kier alpha value is -1.44. The zero-order valence-corrected chi connectivity index (χ0v) is 10.1. The zero-order chi connectivity index (χ0) is 11.4. The van der Waals surface area contributed by atoms with Crippen molar-refractivity contribution in [1.82, 2.24) is 0 Å². The largest absolute Gasteiger partial charge is 0.398 e. The Morgan fingerprint density at radius 2 is 2.25 bits per heavy atom. The van der Waals surface area contributed by atoms with Gasteiger partial charge in [0.25, 0.3) is 0 Å². The van der Waals surface area contributed by atoms with E-state index in [-0.39, 0.29) is 0 Å². The van der Waals surface area contributed by atoms with Gasteiger partial charge < -0.3 is 5.73 Å². The monoisotopic (exact) mass is 246 g/mol. The molecule has 0 spiro atoms. The van der Waals surface area contributed by atoms with E-state index in [0.717, 1.165) is 10.5 Å². The molecule has 80 valence electrons. The quantitative estimate of drug-likeness (QED) is 0.843. The predicted octanol–water partition coefficient (Wildman–Crippen LogP) is 3.55. The Balaban J connectivity index is 2.23. The van der Waals surface area contributed by atoms with Crippen LogP contribution in [0.3, 0.4) is 0 Å². The summed E-state index contributed by atoms with van der Waals surface area (Å²) in [5, 5.41) is 10.7. The van der Waals surface area contributed by atoms with Crippen LogP contribution in [0, 0.1) is 11.3 Å². The lowest BCUT2D eigenvalue weighted by atomic mass is 10.1. The average Bonchev–Trinajstić information content (AvgIpc) is 2.76. The van der Waals surface area contributed by atoms with E-state index in [2.05, 4.69) is 17.5 Å². The minimum absolute atomic E-state index is 0.366. The first-order valence-electron chi connectivity index (χ1n) is 4.76. The summed E-state index contributed by atoms with van der Waals surface area (Å²) < 4.78 is 1.24. The normalized spacial score (nSPS) is 9.94. The van der Waals surface area contributed by atoms with E-state index in [0.29, 0.717) is 12.1 Å². The molecule has 0 aliphatic carbocycles. The second-order valence-electron chi connectivity index (χ2n) is 3.23. The van der Waals surface area contributed by atoms with Gasteiger partial charge >= 0.3 is 0 Å². The maximum absolute atomic E-state index is 8.68. The van der Waals surface area contributed by atoms with Gasteiger partial charge in [0.15, 0.2) is 0 Å². The molecule has 1 aromatic heterocycles. The SMILES string of the molecule is N#CCc1cc(Sc2cccs2)ccc1N. The maximum atomic E-state index is 8.68. The summed E-state index contributed by atoms with van der Waals surface area (Å²) >= 11 is 3.40. The topological polar surface area (TPSA) is 49.8 Å². The van der Waals surface area contributed by atoms with Crippen molar-refractivity contribution in [3.8, 4) is 6.07 Å². The van der Waals surface area contributed by atoms with Crippen LogP contribution in [0.4, 0.5) is 5.69 Å². The number of nitrogen functional groups attached to an aromatic ring is 1. The van der Waals surface area contributed by atoms with Crippen LogP contribution >= 0.6 is 23.1 Å². The van der Waals surface area contributed by atoms with Gasteiger partial charge in [0.05, 0.1) is 16.7 Å². The van der Waals surface area contributed by atoms with Crippen LogP contribution in [0.15, 0.2) is 44.8 Å². The van der Waals surface area contributed by atoms with E-state index < -0.39 is 0 Å². The van der Waals surface area contributed by atoms with Gasteiger partial charge in [-0.25, -0.2) is 0 Å². The maximum Gasteiger partial charge on any atom is 0.0670 e. The molecule has 0 amide bonds. The van der Waals surface area contributed by atoms with Gasteiger partial charge in [-0.05, 0) is 35.2 Å². The summed E-state index contributed by atoms with van der Waals surface area (Å²) in [7, 11) is 0. The minimum atomic E-state index is 0.366. The molecule has 0 fully saturated rings. The first kappa shape index (κ1) is 11.1.